The average Bonchev–Trinajstić information content (AvgIpc) is 2.13. The predicted molar refractivity (Wildman–Crippen MR) is 51.6 cm³/mol. The molecule has 0 atom stereocenters. The van der Waals surface area contributed by atoms with Crippen LogP contribution in [0.3, 0.4) is 0 Å². The van der Waals surface area contributed by atoms with Crippen LogP contribution in [0.1, 0.15) is 5.56 Å². The molecule has 3 heteroatoms. The second-order valence-electron chi connectivity index (χ2n) is 3.11. The van der Waals surface area contributed by atoms with E-state index in [-0.39, 0.29) is 5.91 Å². The van der Waals surface area contributed by atoms with E-state index in [1.807, 2.05) is 18.2 Å². The molecule has 13 heavy (non-hydrogen) atoms. The Morgan fingerprint density at radius 3 is 2.92 bits per heavy atom. The Morgan fingerprint density at radius 2 is 2.00 bits per heavy atom. The lowest BCUT2D eigenvalue weighted by Crippen LogP contribution is -2.33. The van der Waals surface area contributed by atoms with E-state index in [0.717, 1.165) is 18.7 Å². The third-order valence-electron chi connectivity index (χ3n) is 2.17. The summed E-state index contributed by atoms with van der Waals surface area (Å²) in [6.45, 7) is 1.11. The fourth-order valence-corrected chi connectivity index (χ4v) is 1.49. The van der Waals surface area contributed by atoms with E-state index in [2.05, 4.69) is 16.7 Å². The van der Waals surface area contributed by atoms with Crippen molar-refractivity contribution >= 4 is 11.6 Å². The molecular formula is C10H12N2O. The number of amides is 1. The summed E-state index contributed by atoms with van der Waals surface area (Å²) < 4.78 is 0. The summed E-state index contributed by atoms with van der Waals surface area (Å²) in [5.41, 5.74) is 2.35. The van der Waals surface area contributed by atoms with Gasteiger partial charge in [0.25, 0.3) is 0 Å². The Balaban J connectivity index is 2.24. The number of benzene rings is 1. The standard InChI is InChI=1S/C10H12N2O/c13-10-7-12-9-4-2-1-3-8(9)5-6-11-10/h1-4,12H,5-7H2,(H,11,13). The van der Waals surface area contributed by atoms with E-state index >= 15 is 0 Å². The Bertz CT molecular complexity index is 322. The number of carbonyl (C=O) groups is 1. The highest BCUT2D eigenvalue weighted by atomic mass is 16.1. The maximum absolute atomic E-state index is 11.1. The van der Waals surface area contributed by atoms with E-state index in [1.54, 1.807) is 0 Å². The van der Waals surface area contributed by atoms with Gasteiger partial charge in [-0.15, -0.1) is 0 Å². The van der Waals surface area contributed by atoms with Gasteiger partial charge in [-0.25, -0.2) is 0 Å². The molecule has 68 valence electrons. The van der Waals surface area contributed by atoms with Crippen molar-refractivity contribution in [1.82, 2.24) is 5.32 Å². The highest BCUT2D eigenvalue weighted by Crippen LogP contribution is 2.15. The molecule has 1 aromatic rings. The van der Waals surface area contributed by atoms with Crippen molar-refractivity contribution in [2.75, 3.05) is 18.4 Å². The summed E-state index contributed by atoms with van der Waals surface area (Å²) in [5, 5.41) is 5.93. The van der Waals surface area contributed by atoms with Gasteiger partial charge in [0.15, 0.2) is 0 Å². The first-order valence-electron chi connectivity index (χ1n) is 4.45. The van der Waals surface area contributed by atoms with Crippen LogP contribution in [0.15, 0.2) is 24.3 Å². The van der Waals surface area contributed by atoms with Crippen LogP contribution in [0.4, 0.5) is 5.69 Å². The largest absolute Gasteiger partial charge is 0.376 e. The maximum atomic E-state index is 11.1. The van der Waals surface area contributed by atoms with E-state index < -0.39 is 0 Å². The van der Waals surface area contributed by atoms with Gasteiger partial charge >= 0.3 is 0 Å². The lowest BCUT2D eigenvalue weighted by atomic mass is 10.1. The molecule has 0 aromatic heterocycles. The summed E-state index contributed by atoms with van der Waals surface area (Å²) in [4.78, 5) is 11.1. The molecule has 2 N–H and O–H groups in total. The number of fused-ring (bicyclic) bond motifs is 1. The number of carbonyl (C=O) groups excluding carboxylic acids is 1. The number of anilines is 1. The van der Waals surface area contributed by atoms with Crippen LogP contribution in [-0.2, 0) is 11.2 Å². The van der Waals surface area contributed by atoms with E-state index in [0.29, 0.717) is 6.54 Å². The first-order chi connectivity index (χ1) is 6.36. The third-order valence-corrected chi connectivity index (χ3v) is 2.17. The van der Waals surface area contributed by atoms with Gasteiger partial charge in [-0.1, -0.05) is 18.2 Å². The van der Waals surface area contributed by atoms with E-state index in [1.165, 1.54) is 5.56 Å². The fraction of sp³-hybridized carbons (Fsp3) is 0.300. The van der Waals surface area contributed by atoms with Crippen LogP contribution in [0.2, 0.25) is 0 Å². The molecule has 2 rings (SSSR count). The molecule has 0 radical (unpaired) electrons. The van der Waals surface area contributed by atoms with Crippen molar-refractivity contribution in [3.63, 3.8) is 0 Å². The third kappa shape index (κ3) is 1.80. The summed E-state index contributed by atoms with van der Waals surface area (Å²) >= 11 is 0. The zero-order valence-electron chi connectivity index (χ0n) is 7.34. The minimum absolute atomic E-state index is 0.0644. The summed E-state index contributed by atoms with van der Waals surface area (Å²) in [5.74, 6) is 0.0644. The molecule has 1 aliphatic heterocycles. The van der Waals surface area contributed by atoms with Crippen molar-refractivity contribution in [3.05, 3.63) is 29.8 Å². The number of hydrogen-bond acceptors (Lipinski definition) is 2. The van der Waals surface area contributed by atoms with Gasteiger partial charge in [-0.2, -0.15) is 0 Å². The number of hydrogen-bond donors (Lipinski definition) is 2. The van der Waals surface area contributed by atoms with Crippen molar-refractivity contribution in [2.45, 2.75) is 6.42 Å². The smallest absolute Gasteiger partial charge is 0.239 e. The van der Waals surface area contributed by atoms with Crippen molar-refractivity contribution < 1.29 is 4.79 Å². The lowest BCUT2D eigenvalue weighted by Gasteiger charge is -2.15. The summed E-state index contributed by atoms with van der Waals surface area (Å²) in [7, 11) is 0. The molecule has 0 aliphatic carbocycles. The van der Waals surface area contributed by atoms with Crippen molar-refractivity contribution in [3.8, 4) is 0 Å². The van der Waals surface area contributed by atoms with Crippen LogP contribution < -0.4 is 10.6 Å². The quantitative estimate of drug-likeness (QED) is 0.613. The Labute approximate surface area is 77.1 Å². The predicted octanol–water partition coefficient (Wildman–Crippen LogP) is 0.771. The molecule has 1 amide bonds. The molecule has 1 heterocycles. The van der Waals surface area contributed by atoms with Crippen molar-refractivity contribution in [2.24, 2.45) is 0 Å². The molecule has 0 bridgehead atoms. The van der Waals surface area contributed by atoms with Crippen LogP contribution in [0.5, 0.6) is 0 Å². The van der Waals surface area contributed by atoms with Gasteiger partial charge in [0.05, 0.1) is 6.54 Å². The van der Waals surface area contributed by atoms with Gasteiger partial charge in [0.2, 0.25) is 5.91 Å². The molecule has 0 spiro atoms. The highest BCUT2D eigenvalue weighted by molar-refractivity contribution is 5.81. The molecule has 1 aromatic carbocycles. The van der Waals surface area contributed by atoms with Crippen LogP contribution in [-0.4, -0.2) is 19.0 Å². The first-order valence-corrected chi connectivity index (χ1v) is 4.45. The molecule has 1 aliphatic rings. The van der Waals surface area contributed by atoms with Gasteiger partial charge in [-0.05, 0) is 18.1 Å². The Morgan fingerprint density at radius 1 is 1.15 bits per heavy atom. The van der Waals surface area contributed by atoms with Gasteiger partial charge in [0.1, 0.15) is 0 Å². The molecule has 0 saturated carbocycles. The van der Waals surface area contributed by atoms with Crippen molar-refractivity contribution in [1.29, 1.82) is 0 Å². The Hall–Kier alpha value is -1.51. The van der Waals surface area contributed by atoms with E-state index in [4.69, 9.17) is 0 Å². The second kappa shape index (κ2) is 3.47. The minimum Gasteiger partial charge on any atom is -0.376 e. The molecular weight excluding hydrogens is 164 g/mol. The normalized spacial score (nSPS) is 16.2. The molecule has 0 saturated heterocycles. The minimum atomic E-state index is 0.0644. The Kier molecular flexibility index (Phi) is 2.17. The summed E-state index contributed by atoms with van der Waals surface area (Å²) in [6, 6.07) is 8.09. The highest BCUT2D eigenvalue weighted by Gasteiger charge is 2.08. The van der Waals surface area contributed by atoms with Crippen LogP contribution in [0.25, 0.3) is 0 Å². The van der Waals surface area contributed by atoms with Gasteiger partial charge in [-0.3, -0.25) is 4.79 Å². The molecule has 3 nitrogen and oxygen atoms in total. The van der Waals surface area contributed by atoms with Gasteiger partial charge < -0.3 is 10.6 Å². The van der Waals surface area contributed by atoms with Crippen LogP contribution >= 0.6 is 0 Å². The number of rotatable bonds is 0. The molecule has 0 fully saturated rings. The fourth-order valence-electron chi connectivity index (χ4n) is 1.49. The first kappa shape index (κ1) is 8.10. The zero-order chi connectivity index (χ0) is 9.10. The average molecular weight is 176 g/mol. The molecule has 0 unspecified atom stereocenters. The summed E-state index contributed by atoms with van der Waals surface area (Å²) in [6.07, 6.45) is 0.898. The topological polar surface area (TPSA) is 41.1 Å². The lowest BCUT2D eigenvalue weighted by molar-refractivity contribution is -0.119. The zero-order valence-corrected chi connectivity index (χ0v) is 7.34. The number of nitrogens with one attached hydrogen (secondary N) is 2. The SMILES string of the molecule is O=C1CNc2ccccc2CCN1. The van der Waals surface area contributed by atoms with E-state index in [9.17, 15) is 4.79 Å². The monoisotopic (exact) mass is 176 g/mol. The van der Waals surface area contributed by atoms with Crippen LogP contribution in [0, 0.1) is 0 Å². The van der Waals surface area contributed by atoms with Gasteiger partial charge in [0, 0.05) is 12.2 Å². The maximum Gasteiger partial charge on any atom is 0.239 e. The second-order valence-corrected chi connectivity index (χ2v) is 3.11. The number of para-hydroxylation sites is 1.